The van der Waals surface area contributed by atoms with Gasteiger partial charge in [-0.2, -0.15) is 4.99 Å². The lowest BCUT2D eigenvalue weighted by Crippen LogP contribution is -2.13. The van der Waals surface area contributed by atoms with Crippen LogP contribution in [-0.4, -0.2) is 16.4 Å². The van der Waals surface area contributed by atoms with Crippen LogP contribution in [0.2, 0.25) is 0 Å². The highest BCUT2D eigenvalue weighted by atomic mass is 32.1. The van der Waals surface area contributed by atoms with Crippen molar-refractivity contribution in [1.82, 2.24) is 4.57 Å². The van der Waals surface area contributed by atoms with Gasteiger partial charge in [0, 0.05) is 29.9 Å². The van der Waals surface area contributed by atoms with Gasteiger partial charge in [-0.15, -0.1) is 22.7 Å². The molecule has 0 saturated carbocycles. The molecular formula is C16H13N3O2S2. The topological polar surface area (TPSA) is 63.5 Å². The zero-order chi connectivity index (χ0) is 16.2. The van der Waals surface area contributed by atoms with Gasteiger partial charge in [0.05, 0.1) is 4.88 Å². The standard InChI is InChI=1S/C16H13N3O2S2/c1-19-8-10-23-16(19)18-14(20)11-4-6-12(7-5-11)17-15(21)13-3-2-9-22-13/h2-10H,1H3,(H,17,21). The Balaban J connectivity index is 1.73. The highest BCUT2D eigenvalue weighted by molar-refractivity contribution is 7.12. The zero-order valence-corrected chi connectivity index (χ0v) is 13.9. The molecule has 0 aliphatic heterocycles. The number of benzene rings is 1. The van der Waals surface area contributed by atoms with Crippen LogP contribution in [0.1, 0.15) is 20.0 Å². The van der Waals surface area contributed by atoms with E-state index in [0.29, 0.717) is 20.9 Å². The Bertz CT molecular complexity index is 890. The molecule has 116 valence electrons. The molecule has 0 spiro atoms. The first-order valence-corrected chi connectivity index (χ1v) is 8.53. The normalized spacial score (nSPS) is 11.4. The van der Waals surface area contributed by atoms with Crippen molar-refractivity contribution >= 4 is 40.2 Å². The van der Waals surface area contributed by atoms with Crippen LogP contribution < -0.4 is 10.1 Å². The van der Waals surface area contributed by atoms with Gasteiger partial charge in [0.15, 0.2) is 4.80 Å². The predicted molar refractivity (Wildman–Crippen MR) is 91.9 cm³/mol. The maximum absolute atomic E-state index is 12.1. The second-order valence-electron chi connectivity index (χ2n) is 4.72. The van der Waals surface area contributed by atoms with Crippen LogP contribution in [0.5, 0.6) is 0 Å². The van der Waals surface area contributed by atoms with E-state index >= 15 is 0 Å². The van der Waals surface area contributed by atoms with Gasteiger partial charge in [0.1, 0.15) is 0 Å². The molecule has 0 bridgehead atoms. The molecule has 1 N–H and O–H groups in total. The molecule has 0 saturated heterocycles. The molecule has 5 nitrogen and oxygen atoms in total. The number of carbonyl (C=O) groups is 2. The zero-order valence-electron chi connectivity index (χ0n) is 12.2. The minimum atomic E-state index is -0.306. The van der Waals surface area contributed by atoms with Crippen LogP contribution in [-0.2, 0) is 7.05 Å². The monoisotopic (exact) mass is 343 g/mol. The van der Waals surface area contributed by atoms with Crippen LogP contribution in [0, 0.1) is 0 Å². The predicted octanol–water partition coefficient (Wildman–Crippen LogP) is 3.14. The molecule has 0 unspecified atom stereocenters. The first-order valence-electron chi connectivity index (χ1n) is 6.77. The summed E-state index contributed by atoms with van der Waals surface area (Å²) < 4.78 is 1.79. The Hall–Kier alpha value is -2.51. The maximum atomic E-state index is 12.1. The number of rotatable bonds is 3. The molecule has 0 aliphatic rings. The fraction of sp³-hybridized carbons (Fsp3) is 0.0625. The molecular weight excluding hydrogens is 330 g/mol. The van der Waals surface area contributed by atoms with Gasteiger partial charge in [-0.25, -0.2) is 0 Å². The van der Waals surface area contributed by atoms with E-state index in [1.54, 1.807) is 34.9 Å². The molecule has 0 aliphatic carbocycles. The van der Waals surface area contributed by atoms with E-state index in [4.69, 9.17) is 0 Å². The van der Waals surface area contributed by atoms with E-state index < -0.39 is 0 Å². The third kappa shape index (κ3) is 3.64. The summed E-state index contributed by atoms with van der Waals surface area (Å²) >= 11 is 2.78. The minimum absolute atomic E-state index is 0.158. The smallest absolute Gasteiger partial charge is 0.279 e. The number of amides is 2. The van der Waals surface area contributed by atoms with Crippen molar-refractivity contribution in [2.24, 2.45) is 12.0 Å². The number of nitrogens with zero attached hydrogens (tertiary/aromatic N) is 2. The van der Waals surface area contributed by atoms with Crippen molar-refractivity contribution < 1.29 is 9.59 Å². The summed E-state index contributed by atoms with van der Waals surface area (Å²) in [4.78, 5) is 29.4. The molecule has 3 aromatic rings. The van der Waals surface area contributed by atoms with Gasteiger partial charge in [0.2, 0.25) is 0 Å². The highest BCUT2D eigenvalue weighted by Gasteiger charge is 2.08. The van der Waals surface area contributed by atoms with Crippen LogP contribution >= 0.6 is 22.7 Å². The molecule has 1 aromatic carbocycles. The first-order chi connectivity index (χ1) is 11.1. The Morgan fingerprint density at radius 2 is 1.87 bits per heavy atom. The maximum Gasteiger partial charge on any atom is 0.279 e. The van der Waals surface area contributed by atoms with Crippen LogP contribution in [0.3, 0.4) is 0 Å². The van der Waals surface area contributed by atoms with E-state index in [0.717, 1.165) is 0 Å². The van der Waals surface area contributed by atoms with Crippen molar-refractivity contribution in [3.05, 3.63) is 68.6 Å². The molecule has 7 heteroatoms. The summed E-state index contributed by atoms with van der Waals surface area (Å²) in [5, 5.41) is 6.51. The molecule has 0 atom stereocenters. The number of carbonyl (C=O) groups excluding carboxylic acids is 2. The number of thiophene rings is 1. The number of hydrogen-bond acceptors (Lipinski definition) is 4. The third-order valence-electron chi connectivity index (χ3n) is 3.09. The van der Waals surface area contributed by atoms with Crippen molar-refractivity contribution in [3.8, 4) is 0 Å². The lowest BCUT2D eigenvalue weighted by molar-refractivity contribution is 0.0996. The first kappa shape index (κ1) is 15.4. The molecule has 2 heterocycles. The van der Waals surface area contributed by atoms with Gasteiger partial charge in [-0.1, -0.05) is 6.07 Å². The number of aromatic nitrogens is 1. The molecule has 0 fully saturated rings. The molecule has 0 radical (unpaired) electrons. The van der Waals surface area contributed by atoms with E-state index in [9.17, 15) is 9.59 Å². The van der Waals surface area contributed by atoms with E-state index in [1.165, 1.54) is 22.7 Å². The van der Waals surface area contributed by atoms with Crippen molar-refractivity contribution in [3.63, 3.8) is 0 Å². The Morgan fingerprint density at radius 3 is 2.48 bits per heavy atom. The van der Waals surface area contributed by atoms with Gasteiger partial charge in [-0.3, -0.25) is 9.59 Å². The number of aryl methyl sites for hydroxylation is 1. The van der Waals surface area contributed by atoms with E-state index in [1.807, 2.05) is 30.1 Å². The molecule has 3 rings (SSSR count). The van der Waals surface area contributed by atoms with Gasteiger partial charge < -0.3 is 9.88 Å². The van der Waals surface area contributed by atoms with Crippen LogP contribution in [0.25, 0.3) is 0 Å². The van der Waals surface area contributed by atoms with Crippen molar-refractivity contribution in [1.29, 1.82) is 0 Å². The largest absolute Gasteiger partial charge is 0.327 e. The van der Waals surface area contributed by atoms with Crippen LogP contribution in [0.15, 0.2) is 58.3 Å². The summed E-state index contributed by atoms with van der Waals surface area (Å²) in [6.07, 6.45) is 1.85. The van der Waals surface area contributed by atoms with Gasteiger partial charge in [-0.05, 0) is 35.7 Å². The Labute approximate surface area is 140 Å². The van der Waals surface area contributed by atoms with E-state index in [2.05, 4.69) is 10.3 Å². The molecule has 2 amide bonds. The van der Waals surface area contributed by atoms with E-state index in [-0.39, 0.29) is 11.8 Å². The summed E-state index contributed by atoms with van der Waals surface area (Å²) in [6, 6.07) is 10.3. The number of nitrogens with one attached hydrogen (secondary N) is 1. The minimum Gasteiger partial charge on any atom is -0.327 e. The lowest BCUT2D eigenvalue weighted by Gasteiger charge is -2.04. The number of anilines is 1. The van der Waals surface area contributed by atoms with Crippen LogP contribution in [0.4, 0.5) is 5.69 Å². The number of thiazole rings is 1. The SMILES string of the molecule is Cn1ccsc1=NC(=O)c1ccc(NC(=O)c2cccs2)cc1. The second kappa shape index (κ2) is 6.72. The highest BCUT2D eigenvalue weighted by Crippen LogP contribution is 2.14. The summed E-state index contributed by atoms with van der Waals surface area (Å²) in [6.45, 7) is 0. The Morgan fingerprint density at radius 1 is 1.09 bits per heavy atom. The average molecular weight is 343 g/mol. The average Bonchev–Trinajstić information content (AvgIpc) is 3.20. The lowest BCUT2D eigenvalue weighted by atomic mass is 10.2. The van der Waals surface area contributed by atoms with Crippen molar-refractivity contribution in [2.75, 3.05) is 5.32 Å². The van der Waals surface area contributed by atoms with Gasteiger partial charge in [0.25, 0.3) is 11.8 Å². The fourth-order valence-electron chi connectivity index (χ4n) is 1.88. The molecule has 2 aromatic heterocycles. The summed E-state index contributed by atoms with van der Waals surface area (Å²) in [5.74, 6) is -0.464. The quantitative estimate of drug-likeness (QED) is 0.794. The summed E-state index contributed by atoms with van der Waals surface area (Å²) in [7, 11) is 1.84. The third-order valence-corrected chi connectivity index (χ3v) is 4.81. The Kier molecular flexibility index (Phi) is 4.50. The number of hydrogen-bond donors (Lipinski definition) is 1. The fourth-order valence-corrected chi connectivity index (χ4v) is 3.23. The molecule has 23 heavy (non-hydrogen) atoms. The summed E-state index contributed by atoms with van der Waals surface area (Å²) in [5.41, 5.74) is 1.12. The second-order valence-corrected chi connectivity index (χ2v) is 6.54. The van der Waals surface area contributed by atoms with Gasteiger partial charge >= 0.3 is 0 Å². The van der Waals surface area contributed by atoms with Crippen molar-refractivity contribution in [2.45, 2.75) is 0 Å².